The van der Waals surface area contributed by atoms with E-state index in [4.69, 9.17) is 14.2 Å². The van der Waals surface area contributed by atoms with E-state index in [1.165, 1.54) is 13.8 Å². The Morgan fingerprint density at radius 3 is 2.48 bits per heavy atom. The van der Waals surface area contributed by atoms with Gasteiger partial charge in [0.2, 0.25) is 16.8 Å². The normalized spacial score (nSPS) is 14.5. The van der Waals surface area contributed by atoms with Crippen molar-refractivity contribution < 1.29 is 36.6 Å². The molecule has 31 heavy (non-hydrogen) atoms. The Labute approximate surface area is 178 Å². The first-order chi connectivity index (χ1) is 14.7. The van der Waals surface area contributed by atoms with Crippen molar-refractivity contribution in [1.82, 2.24) is 10.0 Å². The first kappa shape index (κ1) is 22.5. The number of carbonyl (C=O) groups excluding carboxylic acids is 2. The summed E-state index contributed by atoms with van der Waals surface area (Å²) in [4.78, 5) is 24.2. The first-order valence-electron chi connectivity index (χ1n) is 9.30. The van der Waals surface area contributed by atoms with Gasteiger partial charge in [0.05, 0.1) is 4.90 Å². The number of benzene rings is 2. The van der Waals surface area contributed by atoms with E-state index >= 15 is 0 Å². The van der Waals surface area contributed by atoms with Crippen LogP contribution in [0.1, 0.15) is 19.4 Å². The van der Waals surface area contributed by atoms with E-state index in [0.717, 1.165) is 29.8 Å². The highest BCUT2D eigenvalue weighted by atomic mass is 32.2. The predicted octanol–water partition coefficient (Wildman–Crippen LogP) is 1.47. The molecule has 11 heteroatoms. The van der Waals surface area contributed by atoms with Crippen molar-refractivity contribution in [2.45, 2.75) is 37.4 Å². The molecule has 0 radical (unpaired) electrons. The van der Waals surface area contributed by atoms with E-state index in [-0.39, 0.29) is 18.2 Å². The summed E-state index contributed by atoms with van der Waals surface area (Å²) < 4.78 is 55.2. The third-order valence-electron chi connectivity index (χ3n) is 4.38. The molecule has 9 nitrogen and oxygen atoms in total. The Morgan fingerprint density at radius 1 is 1.10 bits per heavy atom. The molecule has 0 fully saturated rings. The number of hydrogen-bond acceptors (Lipinski definition) is 7. The molecule has 1 aliphatic rings. The number of ether oxygens (including phenoxy) is 3. The number of fused-ring (bicyclic) bond motifs is 1. The van der Waals surface area contributed by atoms with Crippen molar-refractivity contribution in [3.8, 4) is 11.5 Å². The maximum Gasteiger partial charge on any atom is 0.324 e. The second kappa shape index (κ2) is 9.31. The maximum atomic E-state index is 13.0. The molecule has 3 rings (SSSR count). The maximum absolute atomic E-state index is 13.0. The third-order valence-corrected chi connectivity index (χ3v) is 5.93. The van der Waals surface area contributed by atoms with Gasteiger partial charge in [-0.1, -0.05) is 6.07 Å². The molecular weight excluding hydrogens is 431 g/mol. The van der Waals surface area contributed by atoms with Crippen LogP contribution in [-0.2, 0) is 30.9 Å². The Bertz CT molecular complexity index is 1070. The molecular formula is C20H21FN2O7S. The van der Waals surface area contributed by atoms with Crippen LogP contribution in [0.3, 0.4) is 0 Å². The van der Waals surface area contributed by atoms with Crippen molar-refractivity contribution in [2.24, 2.45) is 0 Å². The predicted molar refractivity (Wildman–Crippen MR) is 106 cm³/mol. The molecule has 2 N–H and O–H groups in total. The number of amides is 1. The zero-order chi connectivity index (χ0) is 22.6. The summed E-state index contributed by atoms with van der Waals surface area (Å²) in [5, 5.41) is 2.63. The fourth-order valence-electron chi connectivity index (χ4n) is 2.68. The molecule has 0 unspecified atom stereocenters. The lowest BCUT2D eigenvalue weighted by atomic mass is 10.2. The fourth-order valence-corrected chi connectivity index (χ4v) is 3.87. The summed E-state index contributed by atoms with van der Waals surface area (Å²) in [6.07, 6.45) is -1.15. The number of hydrogen-bond donors (Lipinski definition) is 2. The Morgan fingerprint density at radius 2 is 1.77 bits per heavy atom. The second-order valence-electron chi connectivity index (χ2n) is 6.78. The molecule has 2 atom stereocenters. The van der Waals surface area contributed by atoms with Crippen LogP contribution < -0.4 is 19.5 Å². The molecule has 1 heterocycles. The molecule has 2 aromatic rings. The molecule has 0 aromatic heterocycles. The van der Waals surface area contributed by atoms with E-state index in [9.17, 15) is 22.4 Å². The third kappa shape index (κ3) is 5.70. The van der Waals surface area contributed by atoms with Crippen LogP contribution in [0.2, 0.25) is 0 Å². The number of sulfonamides is 1. The van der Waals surface area contributed by atoms with Crippen LogP contribution >= 0.6 is 0 Å². The molecule has 0 spiro atoms. The lowest BCUT2D eigenvalue weighted by Crippen LogP contribution is -2.43. The van der Waals surface area contributed by atoms with Crippen molar-refractivity contribution in [2.75, 3.05) is 6.79 Å². The molecule has 1 aliphatic heterocycles. The van der Waals surface area contributed by atoms with Crippen molar-refractivity contribution in [3.63, 3.8) is 0 Å². The van der Waals surface area contributed by atoms with Crippen LogP contribution in [0.25, 0.3) is 0 Å². The highest BCUT2D eigenvalue weighted by Gasteiger charge is 2.26. The zero-order valence-corrected chi connectivity index (χ0v) is 17.6. The molecule has 166 valence electrons. The minimum Gasteiger partial charge on any atom is -0.454 e. The zero-order valence-electron chi connectivity index (χ0n) is 16.8. The number of esters is 1. The van der Waals surface area contributed by atoms with Crippen molar-refractivity contribution >= 4 is 21.9 Å². The van der Waals surface area contributed by atoms with Gasteiger partial charge in [-0.05, 0) is 55.8 Å². The highest BCUT2D eigenvalue weighted by Crippen LogP contribution is 2.32. The Kier molecular flexibility index (Phi) is 6.76. The molecule has 1 amide bonds. The summed E-state index contributed by atoms with van der Waals surface area (Å²) in [5.41, 5.74) is 0.761. The van der Waals surface area contributed by atoms with Gasteiger partial charge in [-0.3, -0.25) is 9.59 Å². The fraction of sp³-hybridized carbons (Fsp3) is 0.300. The van der Waals surface area contributed by atoms with Gasteiger partial charge in [0.15, 0.2) is 17.6 Å². The lowest BCUT2D eigenvalue weighted by Gasteiger charge is -2.17. The molecule has 2 aromatic carbocycles. The topological polar surface area (TPSA) is 120 Å². The van der Waals surface area contributed by atoms with E-state index in [0.29, 0.717) is 11.5 Å². The highest BCUT2D eigenvalue weighted by molar-refractivity contribution is 7.89. The minimum atomic E-state index is -4.07. The largest absolute Gasteiger partial charge is 0.454 e. The summed E-state index contributed by atoms with van der Waals surface area (Å²) in [5.74, 6) is -0.883. The van der Waals surface area contributed by atoms with Gasteiger partial charge in [0.25, 0.3) is 5.91 Å². The average molecular weight is 452 g/mol. The number of carbonyl (C=O) groups is 2. The summed E-state index contributed by atoms with van der Waals surface area (Å²) in [6, 6.07) is 8.07. The lowest BCUT2D eigenvalue weighted by molar-refractivity contribution is -0.156. The Balaban J connectivity index is 1.50. The van der Waals surface area contributed by atoms with Gasteiger partial charge in [-0.15, -0.1) is 0 Å². The monoisotopic (exact) mass is 452 g/mol. The van der Waals surface area contributed by atoms with Gasteiger partial charge in [-0.2, -0.15) is 4.72 Å². The minimum absolute atomic E-state index is 0.140. The quantitative estimate of drug-likeness (QED) is 0.582. The first-order valence-corrected chi connectivity index (χ1v) is 10.8. The SMILES string of the molecule is C[C@@H](NS(=O)(=O)c1ccc(F)cc1)C(=O)O[C@H](C)C(=O)NCc1ccc2c(c1)OCO2. The van der Waals surface area contributed by atoms with E-state index in [2.05, 4.69) is 10.0 Å². The second-order valence-corrected chi connectivity index (χ2v) is 8.50. The van der Waals surface area contributed by atoms with Gasteiger partial charge >= 0.3 is 5.97 Å². The number of nitrogens with one attached hydrogen (secondary N) is 2. The van der Waals surface area contributed by atoms with E-state index < -0.39 is 39.9 Å². The van der Waals surface area contributed by atoms with E-state index in [1.54, 1.807) is 18.2 Å². The summed E-state index contributed by atoms with van der Waals surface area (Å²) >= 11 is 0. The van der Waals surface area contributed by atoms with Crippen LogP contribution in [0.5, 0.6) is 11.5 Å². The van der Waals surface area contributed by atoms with E-state index in [1.807, 2.05) is 0 Å². The number of rotatable bonds is 8. The van der Waals surface area contributed by atoms with Crippen LogP contribution in [-0.4, -0.2) is 39.2 Å². The van der Waals surface area contributed by atoms with Crippen LogP contribution in [0.15, 0.2) is 47.4 Å². The number of halogens is 1. The molecule has 0 bridgehead atoms. The van der Waals surface area contributed by atoms with Crippen LogP contribution in [0, 0.1) is 5.82 Å². The molecule has 0 saturated carbocycles. The Hall–Kier alpha value is -3.18. The molecule has 0 saturated heterocycles. The van der Waals surface area contributed by atoms with Gasteiger partial charge in [-0.25, -0.2) is 12.8 Å². The summed E-state index contributed by atoms with van der Waals surface area (Å²) in [6.45, 7) is 2.96. The van der Waals surface area contributed by atoms with Gasteiger partial charge in [0.1, 0.15) is 11.9 Å². The van der Waals surface area contributed by atoms with Crippen molar-refractivity contribution in [3.05, 3.63) is 53.8 Å². The smallest absolute Gasteiger partial charge is 0.324 e. The standard InChI is InChI=1S/C20H21FN2O7S/c1-12(23-31(26,27)16-6-4-15(21)5-7-16)20(25)30-13(2)19(24)22-10-14-3-8-17-18(9-14)29-11-28-17/h3-9,12-13,23H,10-11H2,1-2H3,(H,22,24)/t12-,13-/m1/s1. The van der Waals surface area contributed by atoms with Crippen molar-refractivity contribution in [1.29, 1.82) is 0 Å². The van der Waals surface area contributed by atoms with Gasteiger partial charge < -0.3 is 19.5 Å². The average Bonchev–Trinajstić information content (AvgIpc) is 3.19. The molecule has 0 aliphatic carbocycles. The van der Waals surface area contributed by atoms with Crippen LogP contribution in [0.4, 0.5) is 4.39 Å². The summed E-state index contributed by atoms with van der Waals surface area (Å²) in [7, 11) is -4.07. The van der Waals surface area contributed by atoms with Gasteiger partial charge in [0, 0.05) is 6.54 Å².